The van der Waals surface area contributed by atoms with E-state index in [1.54, 1.807) is 29.8 Å². The Hall–Kier alpha value is -2.29. The van der Waals surface area contributed by atoms with Gasteiger partial charge in [-0.25, -0.2) is 15.0 Å². The maximum Gasteiger partial charge on any atom is 0.227 e. The van der Waals surface area contributed by atoms with Gasteiger partial charge in [0.15, 0.2) is 5.16 Å². The number of thiazole rings is 1. The van der Waals surface area contributed by atoms with Crippen LogP contribution in [-0.4, -0.2) is 38.8 Å². The molecule has 1 aliphatic heterocycles. The number of hydrogen-bond donors (Lipinski definition) is 1. The average molecular weight is 440 g/mol. The van der Waals surface area contributed by atoms with Crippen LogP contribution >= 0.6 is 23.1 Å². The molecule has 3 heterocycles. The smallest absolute Gasteiger partial charge is 0.227 e. The molecule has 0 radical (unpaired) electrons. The number of nitrogens with one attached hydrogen (secondary N) is 1. The minimum absolute atomic E-state index is 0.0598. The fourth-order valence-corrected chi connectivity index (χ4v) is 4.99. The molecule has 1 fully saturated rings. The van der Waals surface area contributed by atoms with Crippen LogP contribution in [0.3, 0.4) is 0 Å². The number of carbonyl (C=O) groups is 1. The third-order valence-electron chi connectivity index (χ3n) is 5.22. The normalized spacial score (nSPS) is 15.3. The first-order valence-electron chi connectivity index (χ1n) is 10.1. The first-order chi connectivity index (χ1) is 14.6. The Kier molecular flexibility index (Phi) is 6.76. The molecule has 0 saturated carbocycles. The number of anilines is 1. The fraction of sp³-hybridized carbons (Fsp3) is 0.364. The summed E-state index contributed by atoms with van der Waals surface area (Å²) in [5.41, 5.74) is 3.05. The Morgan fingerprint density at radius 3 is 2.67 bits per heavy atom. The second-order valence-electron chi connectivity index (χ2n) is 7.51. The van der Waals surface area contributed by atoms with Gasteiger partial charge in [0.05, 0.1) is 10.7 Å². The van der Waals surface area contributed by atoms with Gasteiger partial charge in [-0.2, -0.15) is 0 Å². The van der Waals surface area contributed by atoms with E-state index in [9.17, 15) is 4.79 Å². The summed E-state index contributed by atoms with van der Waals surface area (Å²) < 4.78 is 0. The second-order valence-corrected chi connectivity index (χ2v) is 9.61. The Morgan fingerprint density at radius 2 is 2.00 bits per heavy atom. The molecule has 0 spiro atoms. The predicted octanol–water partition coefficient (Wildman–Crippen LogP) is 4.55. The molecular weight excluding hydrogens is 414 g/mol. The molecule has 1 amide bonds. The van der Waals surface area contributed by atoms with Crippen molar-refractivity contribution in [1.82, 2.24) is 19.9 Å². The molecule has 1 aliphatic rings. The van der Waals surface area contributed by atoms with Crippen LogP contribution in [-0.2, 0) is 11.3 Å². The van der Waals surface area contributed by atoms with Gasteiger partial charge in [0.25, 0.3) is 0 Å². The van der Waals surface area contributed by atoms with Gasteiger partial charge in [0.1, 0.15) is 0 Å². The number of aromatic nitrogens is 3. The standard InChI is InChI=1S/C22H25N5OS2/c1-15-12-19(30-22-23-8-3-9-24-22)4-5-20(15)26-21(28)17-6-10-27(11-7-17)13-18-14-29-16(2)25-18/h3-5,8-9,12,14,17H,6-7,10-11,13H2,1-2H3,(H,26,28). The Bertz CT molecular complexity index is 1000. The molecule has 4 rings (SSSR count). The lowest BCUT2D eigenvalue weighted by Gasteiger charge is -2.30. The van der Waals surface area contributed by atoms with E-state index in [-0.39, 0.29) is 11.8 Å². The fourth-order valence-electron chi connectivity index (χ4n) is 3.58. The molecular formula is C22H25N5OS2. The highest BCUT2D eigenvalue weighted by atomic mass is 32.2. The topological polar surface area (TPSA) is 71.0 Å². The van der Waals surface area contributed by atoms with Crippen LogP contribution in [0.15, 0.2) is 52.1 Å². The third-order valence-corrected chi connectivity index (χ3v) is 6.92. The minimum atomic E-state index is 0.0598. The zero-order valence-corrected chi connectivity index (χ0v) is 18.8. The zero-order chi connectivity index (χ0) is 20.9. The Balaban J connectivity index is 1.29. The van der Waals surface area contributed by atoms with Crippen molar-refractivity contribution < 1.29 is 4.79 Å². The highest BCUT2D eigenvalue weighted by Crippen LogP contribution is 2.29. The van der Waals surface area contributed by atoms with Gasteiger partial charge in [-0.05, 0) is 81.4 Å². The van der Waals surface area contributed by atoms with E-state index in [2.05, 4.69) is 36.6 Å². The Morgan fingerprint density at radius 1 is 1.23 bits per heavy atom. The van der Waals surface area contributed by atoms with Crippen molar-refractivity contribution in [2.24, 2.45) is 5.92 Å². The molecule has 3 aromatic rings. The maximum atomic E-state index is 12.8. The van der Waals surface area contributed by atoms with Crippen LogP contribution in [0.2, 0.25) is 0 Å². The average Bonchev–Trinajstić information content (AvgIpc) is 3.16. The number of nitrogens with zero attached hydrogens (tertiary/aromatic N) is 4. The van der Waals surface area contributed by atoms with E-state index < -0.39 is 0 Å². The number of likely N-dealkylation sites (tertiary alicyclic amines) is 1. The van der Waals surface area contributed by atoms with Gasteiger partial charge in [0, 0.05) is 40.8 Å². The van der Waals surface area contributed by atoms with Gasteiger partial charge >= 0.3 is 0 Å². The highest BCUT2D eigenvalue weighted by Gasteiger charge is 2.25. The molecule has 1 saturated heterocycles. The van der Waals surface area contributed by atoms with E-state index >= 15 is 0 Å². The number of piperidine rings is 1. The van der Waals surface area contributed by atoms with Gasteiger partial charge in [-0.15, -0.1) is 11.3 Å². The second kappa shape index (κ2) is 9.68. The van der Waals surface area contributed by atoms with E-state index in [1.807, 2.05) is 26.0 Å². The quantitative estimate of drug-likeness (QED) is 0.568. The van der Waals surface area contributed by atoms with Crippen LogP contribution in [0.4, 0.5) is 5.69 Å². The molecule has 0 bridgehead atoms. The molecule has 30 heavy (non-hydrogen) atoms. The first-order valence-corrected chi connectivity index (χ1v) is 11.8. The van der Waals surface area contributed by atoms with Crippen molar-refractivity contribution in [3.8, 4) is 0 Å². The summed E-state index contributed by atoms with van der Waals surface area (Å²) in [4.78, 5) is 29.3. The number of aryl methyl sites for hydroxylation is 2. The van der Waals surface area contributed by atoms with E-state index in [4.69, 9.17) is 0 Å². The van der Waals surface area contributed by atoms with Gasteiger partial charge in [0.2, 0.25) is 5.91 Å². The first kappa shape index (κ1) is 21.0. The van der Waals surface area contributed by atoms with Crippen LogP contribution in [0, 0.1) is 19.8 Å². The third kappa shape index (κ3) is 5.44. The number of amides is 1. The summed E-state index contributed by atoms with van der Waals surface area (Å²) >= 11 is 3.21. The molecule has 8 heteroatoms. The molecule has 2 aromatic heterocycles. The summed E-state index contributed by atoms with van der Waals surface area (Å²) in [5, 5.41) is 7.08. The van der Waals surface area contributed by atoms with Crippen molar-refractivity contribution >= 4 is 34.7 Å². The van der Waals surface area contributed by atoms with E-state index in [1.165, 1.54) is 11.8 Å². The van der Waals surface area contributed by atoms with Crippen molar-refractivity contribution in [2.45, 2.75) is 43.3 Å². The molecule has 0 atom stereocenters. The predicted molar refractivity (Wildman–Crippen MR) is 121 cm³/mol. The number of benzene rings is 1. The maximum absolute atomic E-state index is 12.8. The van der Waals surface area contributed by atoms with Crippen molar-refractivity contribution in [3.05, 3.63) is 58.3 Å². The number of hydrogen-bond acceptors (Lipinski definition) is 7. The molecule has 1 N–H and O–H groups in total. The van der Waals surface area contributed by atoms with Crippen molar-refractivity contribution in [1.29, 1.82) is 0 Å². The molecule has 156 valence electrons. The molecule has 1 aromatic carbocycles. The van der Waals surface area contributed by atoms with Crippen LogP contribution in [0.5, 0.6) is 0 Å². The summed E-state index contributed by atoms with van der Waals surface area (Å²) in [6.45, 7) is 6.79. The SMILES string of the molecule is Cc1nc(CN2CCC(C(=O)Nc3ccc(Sc4ncccn4)cc3C)CC2)cs1. The zero-order valence-electron chi connectivity index (χ0n) is 17.2. The van der Waals surface area contributed by atoms with E-state index in [0.717, 1.165) is 59.3 Å². The molecule has 6 nitrogen and oxygen atoms in total. The summed E-state index contributed by atoms with van der Waals surface area (Å²) in [6.07, 6.45) is 5.24. The van der Waals surface area contributed by atoms with Crippen molar-refractivity contribution in [2.75, 3.05) is 18.4 Å². The molecule has 0 unspecified atom stereocenters. The van der Waals surface area contributed by atoms with Gasteiger partial charge in [-0.1, -0.05) is 0 Å². The largest absolute Gasteiger partial charge is 0.326 e. The van der Waals surface area contributed by atoms with Crippen LogP contribution in [0.1, 0.15) is 29.1 Å². The van der Waals surface area contributed by atoms with Crippen molar-refractivity contribution in [3.63, 3.8) is 0 Å². The van der Waals surface area contributed by atoms with Gasteiger partial charge < -0.3 is 5.32 Å². The highest BCUT2D eigenvalue weighted by molar-refractivity contribution is 7.99. The monoisotopic (exact) mass is 439 g/mol. The number of rotatable bonds is 6. The lowest BCUT2D eigenvalue weighted by Crippen LogP contribution is -2.37. The lowest BCUT2D eigenvalue weighted by atomic mass is 9.95. The van der Waals surface area contributed by atoms with Crippen LogP contribution in [0.25, 0.3) is 0 Å². The van der Waals surface area contributed by atoms with E-state index in [0.29, 0.717) is 5.16 Å². The number of carbonyl (C=O) groups excluding carboxylic acids is 1. The summed E-state index contributed by atoms with van der Waals surface area (Å²) in [5.74, 6) is 0.179. The lowest BCUT2D eigenvalue weighted by molar-refractivity contribution is -0.121. The summed E-state index contributed by atoms with van der Waals surface area (Å²) in [7, 11) is 0. The minimum Gasteiger partial charge on any atom is -0.326 e. The van der Waals surface area contributed by atoms with Crippen LogP contribution < -0.4 is 5.32 Å². The molecule has 0 aliphatic carbocycles. The summed E-state index contributed by atoms with van der Waals surface area (Å²) in [6, 6.07) is 7.84. The Labute approximate surface area is 185 Å². The van der Waals surface area contributed by atoms with Gasteiger partial charge in [-0.3, -0.25) is 9.69 Å².